The molecular formula is C19H19ClFN3O4. The summed E-state index contributed by atoms with van der Waals surface area (Å²) in [5.41, 5.74) is 0.873. The molecule has 1 aliphatic heterocycles. The number of halogens is 2. The SMILES string of the molecule is CC(Nc1ccc(C(=O)N2CCOCC2)cc1[N+](=O)[O-])c1ccc(F)cc1Cl. The number of amides is 1. The van der Waals surface area contributed by atoms with Crippen molar-refractivity contribution in [3.63, 3.8) is 0 Å². The van der Waals surface area contributed by atoms with Crippen LogP contribution in [0.25, 0.3) is 0 Å². The molecule has 0 spiro atoms. The van der Waals surface area contributed by atoms with Crippen LogP contribution in [0.15, 0.2) is 36.4 Å². The van der Waals surface area contributed by atoms with Crippen LogP contribution in [0.2, 0.25) is 5.02 Å². The van der Waals surface area contributed by atoms with Gasteiger partial charge in [0.1, 0.15) is 11.5 Å². The molecule has 9 heteroatoms. The number of nitrogens with one attached hydrogen (secondary N) is 1. The Morgan fingerprint density at radius 2 is 2.00 bits per heavy atom. The molecule has 28 heavy (non-hydrogen) atoms. The third kappa shape index (κ3) is 4.40. The highest BCUT2D eigenvalue weighted by Gasteiger charge is 2.23. The van der Waals surface area contributed by atoms with Crippen LogP contribution in [0.1, 0.15) is 28.9 Å². The summed E-state index contributed by atoms with van der Waals surface area (Å²) < 4.78 is 18.5. The number of rotatable bonds is 5. The van der Waals surface area contributed by atoms with Gasteiger partial charge in [-0.15, -0.1) is 0 Å². The van der Waals surface area contributed by atoms with Gasteiger partial charge in [-0.25, -0.2) is 4.39 Å². The molecule has 1 amide bonds. The van der Waals surface area contributed by atoms with E-state index in [1.807, 2.05) is 0 Å². The van der Waals surface area contributed by atoms with Crippen LogP contribution < -0.4 is 5.32 Å². The summed E-state index contributed by atoms with van der Waals surface area (Å²) in [4.78, 5) is 25.2. The van der Waals surface area contributed by atoms with Crippen LogP contribution in [-0.4, -0.2) is 42.0 Å². The van der Waals surface area contributed by atoms with Gasteiger partial charge in [0, 0.05) is 29.7 Å². The van der Waals surface area contributed by atoms with Crippen LogP contribution in [0, 0.1) is 15.9 Å². The molecule has 1 heterocycles. The maximum Gasteiger partial charge on any atom is 0.293 e. The smallest absolute Gasteiger partial charge is 0.293 e. The molecular weight excluding hydrogens is 389 g/mol. The van der Waals surface area contributed by atoms with Gasteiger partial charge < -0.3 is 15.0 Å². The summed E-state index contributed by atoms with van der Waals surface area (Å²) in [5, 5.41) is 14.8. The summed E-state index contributed by atoms with van der Waals surface area (Å²) in [7, 11) is 0. The van der Waals surface area contributed by atoms with Crippen molar-refractivity contribution in [1.82, 2.24) is 4.90 Å². The Morgan fingerprint density at radius 3 is 2.64 bits per heavy atom. The van der Waals surface area contributed by atoms with Gasteiger partial charge in [-0.05, 0) is 36.8 Å². The van der Waals surface area contributed by atoms with E-state index in [0.29, 0.717) is 31.9 Å². The van der Waals surface area contributed by atoms with Crippen molar-refractivity contribution >= 4 is 28.9 Å². The normalized spacial score (nSPS) is 15.2. The highest BCUT2D eigenvalue weighted by molar-refractivity contribution is 6.31. The van der Waals surface area contributed by atoms with E-state index in [1.165, 1.54) is 30.3 Å². The fourth-order valence-corrected chi connectivity index (χ4v) is 3.38. The molecule has 0 aromatic heterocycles. The lowest BCUT2D eigenvalue weighted by molar-refractivity contribution is -0.384. The molecule has 0 aliphatic carbocycles. The summed E-state index contributed by atoms with van der Waals surface area (Å²) in [5.74, 6) is -0.731. The van der Waals surface area contributed by atoms with Gasteiger partial charge in [0.25, 0.3) is 11.6 Å². The monoisotopic (exact) mass is 407 g/mol. The molecule has 2 aromatic rings. The first-order chi connectivity index (χ1) is 13.4. The number of hydrogen-bond acceptors (Lipinski definition) is 5. The van der Waals surface area contributed by atoms with Crippen LogP contribution in [0.3, 0.4) is 0 Å². The molecule has 2 aromatic carbocycles. The van der Waals surface area contributed by atoms with Gasteiger partial charge in [-0.2, -0.15) is 0 Å². The molecule has 1 aliphatic rings. The van der Waals surface area contributed by atoms with E-state index in [9.17, 15) is 19.3 Å². The van der Waals surface area contributed by atoms with Gasteiger partial charge in [0.2, 0.25) is 0 Å². The minimum atomic E-state index is -0.544. The molecule has 7 nitrogen and oxygen atoms in total. The molecule has 1 atom stereocenters. The number of hydrogen-bond donors (Lipinski definition) is 1. The second-order valence-corrected chi connectivity index (χ2v) is 6.83. The van der Waals surface area contributed by atoms with Gasteiger partial charge >= 0.3 is 0 Å². The Labute approximate surface area is 166 Å². The molecule has 0 saturated carbocycles. The van der Waals surface area contributed by atoms with E-state index in [0.717, 1.165) is 0 Å². The van der Waals surface area contributed by atoms with E-state index in [4.69, 9.17) is 16.3 Å². The Bertz CT molecular complexity index is 903. The van der Waals surface area contributed by atoms with Crippen LogP contribution >= 0.6 is 11.6 Å². The predicted molar refractivity (Wildman–Crippen MR) is 103 cm³/mol. The molecule has 1 saturated heterocycles. The second-order valence-electron chi connectivity index (χ2n) is 6.43. The van der Waals surface area contributed by atoms with Gasteiger partial charge in [-0.3, -0.25) is 14.9 Å². The van der Waals surface area contributed by atoms with Crippen LogP contribution in [0.5, 0.6) is 0 Å². The Balaban J connectivity index is 1.84. The highest BCUT2D eigenvalue weighted by atomic mass is 35.5. The first-order valence-corrected chi connectivity index (χ1v) is 9.11. The number of carbonyl (C=O) groups excluding carboxylic acids is 1. The summed E-state index contributed by atoms with van der Waals surface area (Å²) in [6.07, 6.45) is 0. The van der Waals surface area contributed by atoms with E-state index in [2.05, 4.69) is 5.32 Å². The molecule has 1 fully saturated rings. The van der Waals surface area contributed by atoms with Crippen molar-refractivity contribution in [3.8, 4) is 0 Å². The van der Waals surface area contributed by atoms with Crippen molar-refractivity contribution in [2.75, 3.05) is 31.6 Å². The number of nitro groups is 1. The van der Waals surface area contributed by atoms with Gasteiger partial charge in [0.05, 0.1) is 24.2 Å². The lowest BCUT2D eigenvalue weighted by Crippen LogP contribution is -2.40. The number of nitro benzene ring substituents is 1. The lowest BCUT2D eigenvalue weighted by atomic mass is 10.1. The molecule has 148 valence electrons. The first kappa shape index (κ1) is 20.0. The average molecular weight is 408 g/mol. The van der Waals surface area contributed by atoms with Crippen molar-refractivity contribution in [2.24, 2.45) is 0 Å². The van der Waals surface area contributed by atoms with E-state index in [-0.39, 0.29) is 27.9 Å². The molecule has 1 N–H and O–H groups in total. The maximum atomic E-state index is 13.2. The minimum absolute atomic E-state index is 0.218. The number of anilines is 1. The van der Waals surface area contributed by atoms with Crippen molar-refractivity contribution in [3.05, 3.63) is 68.5 Å². The third-order valence-electron chi connectivity index (χ3n) is 4.54. The van der Waals surface area contributed by atoms with Crippen molar-refractivity contribution in [2.45, 2.75) is 13.0 Å². The summed E-state index contributed by atoms with van der Waals surface area (Å²) in [6.45, 7) is 3.56. The number of ether oxygens (including phenoxy) is 1. The summed E-state index contributed by atoms with van der Waals surface area (Å²) in [6, 6.07) is 7.89. The Morgan fingerprint density at radius 1 is 1.29 bits per heavy atom. The number of benzene rings is 2. The quantitative estimate of drug-likeness (QED) is 0.597. The minimum Gasteiger partial charge on any atom is -0.378 e. The molecule has 0 radical (unpaired) electrons. The predicted octanol–water partition coefficient (Wildman–Crippen LogP) is 4.03. The number of morpholine rings is 1. The number of nitrogens with zero attached hydrogens (tertiary/aromatic N) is 2. The van der Waals surface area contributed by atoms with E-state index in [1.54, 1.807) is 17.9 Å². The zero-order valence-electron chi connectivity index (χ0n) is 15.2. The largest absolute Gasteiger partial charge is 0.378 e. The van der Waals surface area contributed by atoms with Crippen LogP contribution in [-0.2, 0) is 4.74 Å². The topological polar surface area (TPSA) is 84.7 Å². The zero-order chi connectivity index (χ0) is 20.3. The fourth-order valence-electron chi connectivity index (χ4n) is 3.05. The van der Waals surface area contributed by atoms with Gasteiger partial charge in [0.15, 0.2) is 0 Å². The molecule has 3 rings (SSSR count). The maximum absolute atomic E-state index is 13.2. The Kier molecular flexibility index (Phi) is 6.11. The molecule has 1 unspecified atom stereocenters. The first-order valence-electron chi connectivity index (χ1n) is 8.74. The summed E-state index contributed by atoms with van der Waals surface area (Å²) >= 11 is 6.07. The highest BCUT2D eigenvalue weighted by Crippen LogP contribution is 2.32. The third-order valence-corrected chi connectivity index (χ3v) is 4.87. The molecule has 0 bridgehead atoms. The zero-order valence-corrected chi connectivity index (χ0v) is 15.9. The van der Waals surface area contributed by atoms with E-state index >= 15 is 0 Å². The van der Waals surface area contributed by atoms with Crippen molar-refractivity contribution in [1.29, 1.82) is 0 Å². The second kappa shape index (κ2) is 8.53. The fraction of sp³-hybridized carbons (Fsp3) is 0.316. The lowest BCUT2D eigenvalue weighted by Gasteiger charge is -2.27. The van der Waals surface area contributed by atoms with Gasteiger partial charge in [-0.1, -0.05) is 17.7 Å². The Hall–Kier alpha value is -2.71. The average Bonchev–Trinajstić information content (AvgIpc) is 2.68. The van der Waals surface area contributed by atoms with E-state index < -0.39 is 16.8 Å². The standard InChI is InChI=1S/C19H19ClFN3O4/c1-12(15-4-3-14(21)11-16(15)20)22-17-5-2-13(10-18(17)24(26)27)19(25)23-6-8-28-9-7-23/h2-5,10-12,22H,6-9H2,1H3. The van der Waals surface area contributed by atoms with Crippen LogP contribution in [0.4, 0.5) is 15.8 Å². The number of carbonyl (C=O) groups is 1. The van der Waals surface area contributed by atoms with Crippen molar-refractivity contribution < 1.29 is 18.8 Å².